The minimum atomic E-state index is -0.874. The summed E-state index contributed by atoms with van der Waals surface area (Å²) in [6, 6.07) is 6.73. The summed E-state index contributed by atoms with van der Waals surface area (Å²) in [5.41, 5.74) is 1.18. The summed E-state index contributed by atoms with van der Waals surface area (Å²) >= 11 is 0. The second kappa shape index (κ2) is 15.4. The van der Waals surface area contributed by atoms with Crippen LogP contribution >= 0.6 is 0 Å². The van der Waals surface area contributed by atoms with E-state index in [1.807, 2.05) is 24.3 Å². The van der Waals surface area contributed by atoms with Crippen molar-refractivity contribution in [1.82, 2.24) is 10.2 Å². The third kappa shape index (κ3) is 9.35. The first-order valence-electron chi connectivity index (χ1n) is 13.0. The summed E-state index contributed by atoms with van der Waals surface area (Å²) in [5, 5.41) is 2.75. The SMILES string of the molecule is CCCCCCCCCCOC(=O)CC1C(=O)NCCN1C(=O)C(C)Oc1ccc(CC)cc1. The van der Waals surface area contributed by atoms with Gasteiger partial charge in [0.25, 0.3) is 5.91 Å². The van der Waals surface area contributed by atoms with E-state index in [0.717, 1.165) is 25.7 Å². The van der Waals surface area contributed by atoms with Gasteiger partial charge in [0.1, 0.15) is 11.8 Å². The number of unbranched alkanes of at least 4 members (excludes halogenated alkanes) is 7. The summed E-state index contributed by atoms with van der Waals surface area (Å²) < 4.78 is 11.2. The zero-order chi connectivity index (χ0) is 24.8. The van der Waals surface area contributed by atoms with Crippen LogP contribution in [0.5, 0.6) is 5.75 Å². The molecule has 0 spiro atoms. The molecule has 0 saturated carbocycles. The smallest absolute Gasteiger partial charge is 0.308 e. The summed E-state index contributed by atoms with van der Waals surface area (Å²) in [6.07, 6.45) is 9.32. The van der Waals surface area contributed by atoms with E-state index in [1.54, 1.807) is 6.92 Å². The van der Waals surface area contributed by atoms with Gasteiger partial charge < -0.3 is 19.7 Å². The molecule has 1 aliphatic heterocycles. The van der Waals surface area contributed by atoms with Gasteiger partial charge in [-0.3, -0.25) is 14.4 Å². The van der Waals surface area contributed by atoms with Crippen LogP contribution in [0, 0.1) is 0 Å². The largest absolute Gasteiger partial charge is 0.481 e. The fraction of sp³-hybridized carbons (Fsp3) is 0.667. The number of aryl methyl sites for hydroxylation is 1. The molecular weight excluding hydrogens is 432 g/mol. The van der Waals surface area contributed by atoms with Crippen LogP contribution in [0.15, 0.2) is 24.3 Å². The first-order valence-corrected chi connectivity index (χ1v) is 13.0. The quantitative estimate of drug-likeness (QED) is 0.300. The third-order valence-corrected chi connectivity index (χ3v) is 6.23. The molecule has 7 heteroatoms. The second-order valence-electron chi connectivity index (χ2n) is 9.00. The average Bonchev–Trinajstić information content (AvgIpc) is 2.84. The molecule has 0 aliphatic carbocycles. The number of carbonyl (C=O) groups is 3. The highest BCUT2D eigenvalue weighted by Crippen LogP contribution is 2.18. The number of amides is 2. The van der Waals surface area contributed by atoms with Crippen molar-refractivity contribution in [1.29, 1.82) is 0 Å². The van der Waals surface area contributed by atoms with Crippen molar-refractivity contribution < 1.29 is 23.9 Å². The Balaban J connectivity index is 1.78. The lowest BCUT2D eigenvalue weighted by atomic mass is 10.1. The lowest BCUT2D eigenvalue weighted by molar-refractivity contribution is -0.154. The molecule has 1 aliphatic rings. The molecule has 2 rings (SSSR count). The van der Waals surface area contributed by atoms with E-state index in [9.17, 15) is 14.4 Å². The highest BCUT2D eigenvalue weighted by atomic mass is 16.5. The number of ether oxygens (including phenoxy) is 2. The Hall–Kier alpha value is -2.57. The first kappa shape index (κ1) is 27.7. The number of nitrogens with zero attached hydrogens (tertiary/aromatic N) is 1. The summed E-state index contributed by atoms with van der Waals surface area (Å²) in [6.45, 7) is 6.99. The van der Waals surface area contributed by atoms with Crippen LogP contribution in [0.1, 0.15) is 84.1 Å². The van der Waals surface area contributed by atoms with Gasteiger partial charge in [-0.05, 0) is 37.5 Å². The van der Waals surface area contributed by atoms with Gasteiger partial charge in [-0.15, -0.1) is 0 Å². The van der Waals surface area contributed by atoms with E-state index >= 15 is 0 Å². The van der Waals surface area contributed by atoms with Gasteiger partial charge in [0.2, 0.25) is 5.91 Å². The first-order chi connectivity index (χ1) is 16.5. The molecule has 7 nitrogen and oxygen atoms in total. The Morgan fingerprint density at radius 2 is 1.68 bits per heavy atom. The number of benzene rings is 1. The molecule has 2 amide bonds. The monoisotopic (exact) mass is 474 g/mol. The molecule has 1 aromatic carbocycles. The van der Waals surface area contributed by atoms with Crippen molar-refractivity contribution >= 4 is 17.8 Å². The predicted octanol–water partition coefficient (Wildman–Crippen LogP) is 4.42. The maximum absolute atomic E-state index is 13.1. The van der Waals surface area contributed by atoms with Crippen molar-refractivity contribution in [3.05, 3.63) is 29.8 Å². The van der Waals surface area contributed by atoms with Crippen molar-refractivity contribution in [2.45, 2.75) is 97.1 Å². The Bertz CT molecular complexity index is 765. The average molecular weight is 475 g/mol. The van der Waals surface area contributed by atoms with Crippen LogP contribution in [0.4, 0.5) is 0 Å². The number of carbonyl (C=O) groups excluding carboxylic acids is 3. The van der Waals surface area contributed by atoms with Crippen LogP contribution in [0.25, 0.3) is 0 Å². The molecule has 1 aromatic rings. The van der Waals surface area contributed by atoms with Gasteiger partial charge in [-0.2, -0.15) is 0 Å². The fourth-order valence-electron chi connectivity index (χ4n) is 4.11. The molecule has 2 unspecified atom stereocenters. The van der Waals surface area contributed by atoms with Crippen molar-refractivity contribution in [2.75, 3.05) is 19.7 Å². The Labute approximate surface area is 204 Å². The zero-order valence-corrected chi connectivity index (χ0v) is 21.1. The Morgan fingerprint density at radius 3 is 2.32 bits per heavy atom. The van der Waals surface area contributed by atoms with E-state index in [-0.39, 0.29) is 18.2 Å². The van der Waals surface area contributed by atoms with Crippen LogP contribution in [-0.4, -0.2) is 54.5 Å². The molecule has 1 fully saturated rings. The molecule has 0 radical (unpaired) electrons. The minimum absolute atomic E-state index is 0.146. The van der Waals surface area contributed by atoms with Crippen LogP contribution in [0.3, 0.4) is 0 Å². The van der Waals surface area contributed by atoms with Crippen molar-refractivity contribution in [3.63, 3.8) is 0 Å². The number of esters is 1. The number of piperazine rings is 1. The van der Waals surface area contributed by atoms with E-state index in [2.05, 4.69) is 19.2 Å². The van der Waals surface area contributed by atoms with Crippen LogP contribution < -0.4 is 10.1 Å². The van der Waals surface area contributed by atoms with Gasteiger partial charge in [0, 0.05) is 13.1 Å². The van der Waals surface area contributed by atoms with Crippen LogP contribution in [0.2, 0.25) is 0 Å². The second-order valence-corrected chi connectivity index (χ2v) is 9.00. The number of hydrogen-bond donors (Lipinski definition) is 1. The van der Waals surface area contributed by atoms with Crippen LogP contribution in [-0.2, 0) is 25.5 Å². The highest BCUT2D eigenvalue weighted by Gasteiger charge is 2.37. The number of hydrogen-bond acceptors (Lipinski definition) is 5. The summed E-state index contributed by atoms with van der Waals surface area (Å²) in [4.78, 5) is 39.4. The molecule has 0 bridgehead atoms. The molecule has 2 atom stereocenters. The number of nitrogens with one attached hydrogen (secondary N) is 1. The van der Waals surface area contributed by atoms with Gasteiger partial charge in [0.15, 0.2) is 6.10 Å². The normalized spacial score (nSPS) is 16.6. The van der Waals surface area contributed by atoms with E-state index in [4.69, 9.17) is 9.47 Å². The van der Waals surface area contributed by atoms with Gasteiger partial charge >= 0.3 is 5.97 Å². The molecule has 34 heavy (non-hydrogen) atoms. The Kier molecular flexibility index (Phi) is 12.5. The van der Waals surface area contributed by atoms with Gasteiger partial charge in [-0.25, -0.2) is 0 Å². The Morgan fingerprint density at radius 1 is 1.03 bits per heavy atom. The predicted molar refractivity (Wildman–Crippen MR) is 133 cm³/mol. The molecule has 1 heterocycles. The van der Waals surface area contributed by atoms with Crippen molar-refractivity contribution in [2.24, 2.45) is 0 Å². The lowest BCUT2D eigenvalue weighted by Gasteiger charge is -2.36. The molecular formula is C27H42N2O5. The van der Waals surface area contributed by atoms with E-state index in [1.165, 1.54) is 42.6 Å². The topological polar surface area (TPSA) is 84.9 Å². The summed E-state index contributed by atoms with van der Waals surface area (Å²) in [7, 11) is 0. The maximum atomic E-state index is 13.1. The standard InChI is InChI=1S/C27H42N2O5/c1-4-6-7-8-9-10-11-12-19-33-25(30)20-24-26(31)28-17-18-29(24)27(32)21(3)34-23-15-13-22(5-2)14-16-23/h13-16,21,24H,4-12,17-20H2,1-3H3,(H,28,31). The third-order valence-electron chi connectivity index (χ3n) is 6.23. The molecule has 0 aromatic heterocycles. The maximum Gasteiger partial charge on any atom is 0.308 e. The van der Waals surface area contributed by atoms with E-state index in [0.29, 0.717) is 25.4 Å². The fourth-order valence-corrected chi connectivity index (χ4v) is 4.11. The molecule has 1 N–H and O–H groups in total. The van der Waals surface area contributed by atoms with Gasteiger partial charge in [-0.1, -0.05) is 70.9 Å². The molecule has 1 saturated heterocycles. The summed E-state index contributed by atoms with van der Waals surface area (Å²) in [5.74, 6) is -0.495. The van der Waals surface area contributed by atoms with E-state index < -0.39 is 18.1 Å². The minimum Gasteiger partial charge on any atom is -0.481 e. The zero-order valence-electron chi connectivity index (χ0n) is 21.1. The van der Waals surface area contributed by atoms with Gasteiger partial charge in [0.05, 0.1) is 13.0 Å². The number of rotatable bonds is 15. The lowest BCUT2D eigenvalue weighted by Crippen LogP contribution is -2.60. The highest BCUT2D eigenvalue weighted by molar-refractivity contribution is 5.93. The molecule has 190 valence electrons. The van der Waals surface area contributed by atoms with Crippen molar-refractivity contribution in [3.8, 4) is 5.75 Å².